The van der Waals surface area contributed by atoms with Crippen LogP contribution in [-0.2, 0) is 9.83 Å². The predicted octanol–water partition coefficient (Wildman–Crippen LogP) is 1.81. The van der Waals surface area contributed by atoms with Crippen molar-refractivity contribution in [3.63, 3.8) is 0 Å². The lowest BCUT2D eigenvalue weighted by molar-refractivity contribution is 0.688. The van der Waals surface area contributed by atoms with Gasteiger partial charge in [0, 0.05) is 5.75 Å². The summed E-state index contributed by atoms with van der Waals surface area (Å²) in [5.41, 5.74) is 0. The first-order valence-corrected chi connectivity index (χ1v) is 5.80. The maximum Gasteiger partial charge on any atom is 0.0801 e. The Morgan fingerprint density at radius 2 is 2.25 bits per heavy atom. The molecule has 0 bridgehead atoms. The lowest BCUT2D eigenvalue weighted by Crippen LogP contribution is -1.88. The molecule has 0 radical (unpaired) electrons. The van der Waals surface area contributed by atoms with Crippen molar-refractivity contribution in [1.29, 1.82) is 0 Å². The maximum absolute atomic E-state index is 10.6. The second-order valence-corrected chi connectivity index (χ2v) is 4.99. The van der Waals surface area contributed by atoms with E-state index in [1.54, 1.807) is 0 Å². The van der Waals surface area contributed by atoms with E-state index in [2.05, 4.69) is 6.92 Å². The first kappa shape index (κ1) is 8.50. The molecule has 0 aliphatic rings. The average molecular weight is 152 g/mol. The third-order valence-corrected chi connectivity index (χ3v) is 3.46. The molecule has 0 saturated carbocycles. The van der Waals surface area contributed by atoms with Gasteiger partial charge in [-0.25, -0.2) is 4.21 Å². The zero-order chi connectivity index (χ0) is 6.41. The third kappa shape index (κ3) is 4.65. The van der Waals surface area contributed by atoms with Gasteiger partial charge in [0.1, 0.15) is 0 Å². The minimum absolute atomic E-state index is 0.610. The summed E-state index contributed by atoms with van der Waals surface area (Å²) < 4.78 is 10.6. The van der Waals surface area contributed by atoms with Gasteiger partial charge in [-0.2, -0.15) is 0 Å². The first-order chi connectivity index (χ1) is 3.81. The van der Waals surface area contributed by atoms with Gasteiger partial charge in [0.25, 0.3) is 0 Å². The molecule has 0 aliphatic carbocycles. The van der Waals surface area contributed by atoms with E-state index in [0.717, 1.165) is 18.6 Å². The lowest BCUT2D eigenvalue weighted by Gasteiger charge is -1.92. The fourth-order valence-electron chi connectivity index (χ4n) is 0.346. The molecule has 0 amide bonds. The Labute approximate surface area is 57.1 Å². The second kappa shape index (κ2) is 5.63. The quantitative estimate of drug-likeness (QED) is 0.571. The van der Waals surface area contributed by atoms with Crippen LogP contribution in [-0.4, -0.2) is 16.2 Å². The monoisotopic (exact) mass is 152 g/mol. The van der Waals surface area contributed by atoms with Crippen LogP contribution in [0.15, 0.2) is 0 Å². The molecule has 0 rings (SSSR count). The highest BCUT2D eigenvalue weighted by Crippen LogP contribution is 2.03. The fourth-order valence-corrected chi connectivity index (χ4v) is 1.89. The number of unbranched alkanes of at least 4 members (excludes halogenated alkanes) is 1. The van der Waals surface area contributed by atoms with Crippen molar-refractivity contribution < 1.29 is 4.21 Å². The second-order valence-electron chi connectivity index (χ2n) is 1.53. The van der Waals surface area contributed by atoms with Crippen LogP contribution in [0.1, 0.15) is 19.8 Å². The molecular formula is C5H12OS2. The Balaban J connectivity index is 2.99. The van der Waals surface area contributed by atoms with Gasteiger partial charge < -0.3 is 0 Å². The zero-order valence-electron chi connectivity index (χ0n) is 5.35. The van der Waals surface area contributed by atoms with Crippen LogP contribution in [0.4, 0.5) is 0 Å². The van der Waals surface area contributed by atoms with Crippen LogP contribution in [0.3, 0.4) is 0 Å². The molecule has 0 aromatic rings. The zero-order valence-corrected chi connectivity index (χ0v) is 6.98. The molecule has 50 valence electrons. The topological polar surface area (TPSA) is 17.1 Å². The third-order valence-electron chi connectivity index (χ3n) is 0.850. The fraction of sp³-hybridized carbons (Fsp3) is 1.00. The van der Waals surface area contributed by atoms with E-state index in [0.29, 0.717) is 0 Å². The molecule has 1 nitrogen and oxygen atoms in total. The van der Waals surface area contributed by atoms with E-state index in [1.165, 1.54) is 10.8 Å². The molecule has 1 atom stereocenters. The molecule has 8 heavy (non-hydrogen) atoms. The molecule has 0 saturated heterocycles. The molecule has 0 aromatic heterocycles. The highest BCUT2D eigenvalue weighted by Gasteiger charge is 1.92. The van der Waals surface area contributed by atoms with Crippen molar-refractivity contribution in [2.45, 2.75) is 19.8 Å². The predicted molar refractivity (Wildman–Crippen MR) is 41.4 cm³/mol. The Morgan fingerprint density at radius 3 is 2.62 bits per heavy atom. The molecule has 0 spiro atoms. The summed E-state index contributed by atoms with van der Waals surface area (Å²) >= 11 is 0. The summed E-state index contributed by atoms with van der Waals surface area (Å²) in [5, 5.41) is 0. The van der Waals surface area contributed by atoms with Crippen molar-refractivity contribution in [2.24, 2.45) is 0 Å². The Morgan fingerprint density at radius 1 is 1.62 bits per heavy atom. The van der Waals surface area contributed by atoms with E-state index < -0.39 is 9.83 Å². The SMILES string of the molecule is CCCCS(=O)SC. The number of rotatable bonds is 4. The van der Waals surface area contributed by atoms with Crippen molar-refractivity contribution in [2.75, 3.05) is 12.0 Å². The lowest BCUT2D eigenvalue weighted by atomic mass is 10.4. The van der Waals surface area contributed by atoms with Crippen molar-refractivity contribution >= 4 is 20.6 Å². The largest absolute Gasteiger partial charge is 0.248 e. The number of hydrogen-bond donors (Lipinski definition) is 0. The summed E-state index contributed by atoms with van der Waals surface area (Å²) in [6.07, 6.45) is 4.12. The van der Waals surface area contributed by atoms with Crippen LogP contribution in [0.5, 0.6) is 0 Å². The smallest absolute Gasteiger partial charge is 0.0801 e. The minimum atomic E-state index is -0.610. The molecule has 0 aromatic carbocycles. The Hall–Kier alpha value is 0.500. The van der Waals surface area contributed by atoms with E-state index in [1.807, 2.05) is 6.26 Å². The summed E-state index contributed by atoms with van der Waals surface area (Å²) in [6, 6.07) is 0. The average Bonchev–Trinajstić information content (AvgIpc) is 1.83. The normalized spacial score (nSPS) is 13.8. The highest BCUT2D eigenvalue weighted by atomic mass is 33.1. The van der Waals surface area contributed by atoms with Gasteiger partial charge in [0.2, 0.25) is 0 Å². The first-order valence-electron chi connectivity index (χ1n) is 2.74. The minimum Gasteiger partial charge on any atom is -0.248 e. The molecular weight excluding hydrogens is 140 g/mol. The van der Waals surface area contributed by atoms with Gasteiger partial charge in [-0.05, 0) is 12.7 Å². The standard InChI is InChI=1S/C5H12OS2/c1-3-4-5-8(6)7-2/h3-5H2,1-2H3. The summed E-state index contributed by atoms with van der Waals surface area (Å²) in [6.45, 7) is 2.11. The van der Waals surface area contributed by atoms with Gasteiger partial charge in [0.05, 0.1) is 9.83 Å². The van der Waals surface area contributed by atoms with E-state index in [-0.39, 0.29) is 0 Å². The summed E-state index contributed by atoms with van der Waals surface area (Å²) in [5.74, 6) is 0.859. The van der Waals surface area contributed by atoms with Gasteiger partial charge in [-0.1, -0.05) is 24.1 Å². The summed E-state index contributed by atoms with van der Waals surface area (Å²) in [4.78, 5) is 0. The molecule has 0 N–H and O–H groups in total. The maximum atomic E-state index is 10.6. The molecule has 0 aliphatic heterocycles. The molecule has 1 unspecified atom stereocenters. The van der Waals surface area contributed by atoms with Gasteiger partial charge in [0.15, 0.2) is 0 Å². The van der Waals surface area contributed by atoms with Gasteiger partial charge in [-0.3, -0.25) is 0 Å². The van der Waals surface area contributed by atoms with Gasteiger partial charge in [-0.15, -0.1) is 0 Å². The van der Waals surface area contributed by atoms with Gasteiger partial charge >= 0.3 is 0 Å². The van der Waals surface area contributed by atoms with Crippen LogP contribution in [0, 0.1) is 0 Å². The van der Waals surface area contributed by atoms with Crippen molar-refractivity contribution in [3.05, 3.63) is 0 Å². The molecule has 0 heterocycles. The Bertz CT molecular complexity index is 72.8. The van der Waals surface area contributed by atoms with Crippen LogP contribution >= 0.6 is 10.8 Å². The van der Waals surface area contributed by atoms with Crippen LogP contribution in [0.2, 0.25) is 0 Å². The number of hydrogen-bond acceptors (Lipinski definition) is 2. The van der Waals surface area contributed by atoms with Crippen molar-refractivity contribution in [3.8, 4) is 0 Å². The highest BCUT2D eigenvalue weighted by molar-refractivity contribution is 8.68. The Kier molecular flexibility index (Phi) is 5.99. The molecule has 0 fully saturated rings. The molecule has 3 heteroatoms. The van der Waals surface area contributed by atoms with Crippen LogP contribution < -0.4 is 0 Å². The van der Waals surface area contributed by atoms with E-state index in [4.69, 9.17) is 0 Å². The van der Waals surface area contributed by atoms with E-state index >= 15 is 0 Å². The van der Waals surface area contributed by atoms with Crippen LogP contribution in [0.25, 0.3) is 0 Å². The summed E-state index contributed by atoms with van der Waals surface area (Å²) in [7, 11) is 0.827. The van der Waals surface area contributed by atoms with Crippen molar-refractivity contribution in [1.82, 2.24) is 0 Å². The van der Waals surface area contributed by atoms with E-state index in [9.17, 15) is 4.21 Å².